The van der Waals surface area contributed by atoms with E-state index in [2.05, 4.69) is 15.5 Å². The van der Waals surface area contributed by atoms with Crippen LogP contribution in [0.15, 0.2) is 47.8 Å². The third-order valence-electron chi connectivity index (χ3n) is 2.77. The van der Waals surface area contributed by atoms with Crippen LogP contribution in [0.5, 0.6) is 0 Å². The molecule has 1 aromatic carbocycles. The van der Waals surface area contributed by atoms with E-state index >= 15 is 0 Å². The number of pyridine rings is 1. The van der Waals surface area contributed by atoms with Gasteiger partial charge in [-0.2, -0.15) is 0 Å². The van der Waals surface area contributed by atoms with Crippen LogP contribution >= 0.6 is 11.6 Å². The van der Waals surface area contributed by atoms with Crippen LogP contribution in [0.3, 0.4) is 0 Å². The lowest BCUT2D eigenvalue weighted by atomic mass is 10.2. The fourth-order valence-corrected chi connectivity index (χ4v) is 1.74. The fraction of sp³-hybridized carbons (Fsp3) is 0.0714. The Balaban J connectivity index is 1.98. The molecule has 1 aromatic heterocycles. The molecule has 21 heavy (non-hydrogen) atoms. The molecule has 2 aromatic rings. The normalized spacial score (nSPS) is 11.2. The van der Waals surface area contributed by atoms with Gasteiger partial charge in [-0.25, -0.2) is 0 Å². The van der Waals surface area contributed by atoms with Crippen LogP contribution in [0.2, 0.25) is 5.02 Å². The third-order valence-corrected chi connectivity index (χ3v) is 3.02. The smallest absolute Gasteiger partial charge is 0.270 e. The summed E-state index contributed by atoms with van der Waals surface area (Å²) < 4.78 is 0. The number of amidine groups is 1. The van der Waals surface area contributed by atoms with Gasteiger partial charge in [0.1, 0.15) is 5.69 Å². The molecule has 2 rings (SSSR count). The number of nitrogens with one attached hydrogen (secondary N) is 1. The summed E-state index contributed by atoms with van der Waals surface area (Å²) >= 11 is 5.79. The summed E-state index contributed by atoms with van der Waals surface area (Å²) in [5, 5.41) is 14.8. The van der Waals surface area contributed by atoms with Gasteiger partial charge in [-0.3, -0.25) is 9.78 Å². The number of hydrogen-bond acceptors (Lipinski definition) is 4. The lowest BCUT2D eigenvalue weighted by Crippen LogP contribution is -2.24. The molecule has 0 unspecified atom stereocenters. The second-order valence-electron chi connectivity index (χ2n) is 4.23. The Morgan fingerprint density at radius 1 is 1.29 bits per heavy atom. The third kappa shape index (κ3) is 3.93. The molecule has 0 atom stereocenters. The van der Waals surface area contributed by atoms with Crippen LogP contribution in [-0.4, -0.2) is 21.9 Å². The molecule has 6 nitrogen and oxygen atoms in total. The molecule has 4 N–H and O–H groups in total. The first-order valence-corrected chi connectivity index (χ1v) is 6.44. The maximum absolute atomic E-state index is 11.9. The van der Waals surface area contributed by atoms with Crippen molar-refractivity contribution in [1.82, 2.24) is 10.3 Å². The van der Waals surface area contributed by atoms with E-state index in [1.54, 1.807) is 18.2 Å². The summed E-state index contributed by atoms with van der Waals surface area (Å²) in [4.78, 5) is 15.9. The van der Waals surface area contributed by atoms with Crippen LogP contribution < -0.4 is 11.1 Å². The van der Waals surface area contributed by atoms with Gasteiger partial charge < -0.3 is 16.3 Å². The van der Waals surface area contributed by atoms with Crippen molar-refractivity contribution in [2.45, 2.75) is 6.54 Å². The topological polar surface area (TPSA) is 101 Å². The van der Waals surface area contributed by atoms with E-state index < -0.39 is 0 Å². The molecule has 0 fully saturated rings. The first-order chi connectivity index (χ1) is 10.1. The second-order valence-corrected chi connectivity index (χ2v) is 4.66. The fourth-order valence-electron chi connectivity index (χ4n) is 1.61. The van der Waals surface area contributed by atoms with Gasteiger partial charge in [0, 0.05) is 23.3 Å². The predicted octanol–water partition coefficient (Wildman–Crippen LogP) is 1.76. The average molecular weight is 305 g/mol. The molecule has 108 valence electrons. The lowest BCUT2D eigenvalue weighted by Gasteiger charge is -2.05. The van der Waals surface area contributed by atoms with E-state index in [4.69, 9.17) is 22.5 Å². The monoisotopic (exact) mass is 304 g/mol. The summed E-state index contributed by atoms with van der Waals surface area (Å²) in [6, 6.07) is 10.2. The first-order valence-electron chi connectivity index (χ1n) is 6.07. The Bertz CT molecular complexity index is 654. The van der Waals surface area contributed by atoms with Crippen LogP contribution in [0.25, 0.3) is 0 Å². The summed E-state index contributed by atoms with van der Waals surface area (Å²) in [5.41, 5.74) is 7.03. The maximum atomic E-state index is 11.9. The van der Waals surface area contributed by atoms with Crippen molar-refractivity contribution >= 4 is 23.3 Å². The number of rotatable bonds is 4. The minimum Gasteiger partial charge on any atom is -0.409 e. The van der Waals surface area contributed by atoms with Crippen LogP contribution in [0.4, 0.5) is 0 Å². The summed E-state index contributed by atoms with van der Waals surface area (Å²) in [6.45, 7) is 0.375. The molecule has 1 heterocycles. The van der Waals surface area contributed by atoms with Gasteiger partial charge in [0.25, 0.3) is 5.91 Å². The Morgan fingerprint density at radius 2 is 2.00 bits per heavy atom. The summed E-state index contributed by atoms with van der Waals surface area (Å²) in [5.74, 6) is -0.369. The van der Waals surface area contributed by atoms with Crippen molar-refractivity contribution in [2.75, 3.05) is 0 Å². The Labute approximate surface area is 126 Å². The van der Waals surface area contributed by atoms with Crippen molar-refractivity contribution in [1.29, 1.82) is 0 Å². The first kappa shape index (κ1) is 14.8. The minimum absolute atomic E-state index is 0.0596. The highest BCUT2D eigenvalue weighted by Gasteiger charge is 2.08. The highest BCUT2D eigenvalue weighted by Crippen LogP contribution is 2.09. The highest BCUT2D eigenvalue weighted by atomic mass is 35.5. The van der Waals surface area contributed by atoms with Crippen LogP contribution in [0, 0.1) is 0 Å². The van der Waals surface area contributed by atoms with Gasteiger partial charge in [-0.1, -0.05) is 28.9 Å². The van der Waals surface area contributed by atoms with Gasteiger partial charge in [0.2, 0.25) is 0 Å². The van der Waals surface area contributed by atoms with E-state index in [9.17, 15) is 4.79 Å². The van der Waals surface area contributed by atoms with Gasteiger partial charge in [-0.05, 0) is 29.8 Å². The SMILES string of the molecule is NC(=NO)c1ccc(C(=O)NCc2ccc(Cl)cc2)nc1. The van der Waals surface area contributed by atoms with Crippen molar-refractivity contribution in [2.24, 2.45) is 10.9 Å². The van der Waals surface area contributed by atoms with Crippen LogP contribution in [0.1, 0.15) is 21.6 Å². The average Bonchev–Trinajstić information content (AvgIpc) is 2.53. The number of nitrogens with two attached hydrogens (primary N) is 1. The Hall–Kier alpha value is -2.60. The molecule has 0 bridgehead atoms. The largest absolute Gasteiger partial charge is 0.409 e. The number of aromatic nitrogens is 1. The zero-order valence-electron chi connectivity index (χ0n) is 11.0. The van der Waals surface area contributed by atoms with Crippen molar-refractivity contribution in [3.63, 3.8) is 0 Å². The molecule has 0 saturated heterocycles. The van der Waals surface area contributed by atoms with E-state index in [1.165, 1.54) is 12.3 Å². The van der Waals surface area contributed by atoms with Gasteiger partial charge in [0.05, 0.1) is 0 Å². The van der Waals surface area contributed by atoms with Gasteiger partial charge in [0.15, 0.2) is 5.84 Å². The van der Waals surface area contributed by atoms with E-state index in [1.807, 2.05) is 12.1 Å². The van der Waals surface area contributed by atoms with Gasteiger partial charge >= 0.3 is 0 Å². The quantitative estimate of drug-likeness (QED) is 0.347. The molecule has 1 amide bonds. The molecule has 0 saturated carbocycles. The van der Waals surface area contributed by atoms with Crippen LogP contribution in [-0.2, 0) is 6.54 Å². The van der Waals surface area contributed by atoms with E-state index in [0.29, 0.717) is 17.1 Å². The maximum Gasteiger partial charge on any atom is 0.270 e. The number of carbonyl (C=O) groups excluding carboxylic acids is 1. The molecular weight excluding hydrogens is 292 g/mol. The standard InChI is InChI=1S/C14H13ClN4O2/c15-11-4-1-9(2-5-11)7-18-14(20)12-6-3-10(8-17-12)13(16)19-21/h1-6,8,21H,7H2,(H2,16,19)(H,18,20). The number of nitrogens with zero attached hydrogens (tertiary/aromatic N) is 2. The molecule has 0 radical (unpaired) electrons. The molecule has 0 aliphatic heterocycles. The molecule has 0 aliphatic carbocycles. The van der Waals surface area contributed by atoms with Crippen molar-refractivity contribution in [3.05, 3.63) is 64.4 Å². The van der Waals surface area contributed by atoms with Crippen molar-refractivity contribution in [3.8, 4) is 0 Å². The molecule has 0 spiro atoms. The predicted molar refractivity (Wildman–Crippen MR) is 79.4 cm³/mol. The zero-order chi connectivity index (χ0) is 15.2. The number of halogens is 1. The van der Waals surface area contributed by atoms with E-state index in [-0.39, 0.29) is 17.4 Å². The minimum atomic E-state index is -0.309. The summed E-state index contributed by atoms with van der Waals surface area (Å²) in [6.07, 6.45) is 1.37. The number of oxime groups is 1. The van der Waals surface area contributed by atoms with Crippen molar-refractivity contribution < 1.29 is 10.0 Å². The molecule has 7 heteroatoms. The Morgan fingerprint density at radius 3 is 2.57 bits per heavy atom. The highest BCUT2D eigenvalue weighted by molar-refractivity contribution is 6.30. The second kappa shape index (κ2) is 6.71. The molecule has 0 aliphatic rings. The number of benzene rings is 1. The molecular formula is C14H13ClN4O2. The number of hydrogen-bond donors (Lipinski definition) is 3. The Kier molecular flexibility index (Phi) is 4.73. The zero-order valence-corrected chi connectivity index (χ0v) is 11.7. The van der Waals surface area contributed by atoms with Gasteiger partial charge in [-0.15, -0.1) is 0 Å². The van der Waals surface area contributed by atoms with E-state index in [0.717, 1.165) is 5.56 Å². The lowest BCUT2D eigenvalue weighted by molar-refractivity contribution is 0.0946. The number of amides is 1. The summed E-state index contributed by atoms with van der Waals surface area (Å²) in [7, 11) is 0. The number of carbonyl (C=O) groups is 1.